The van der Waals surface area contributed by atoms with Gasteiger partial charge in [-0.05, 0) is 84.8 Å². The highest BCUT2D eigenvalue weighted by molar-refractivity contribution is 6.30. The second-order valence-electron chi connectivity index (χ2n) is 6.89. The van der Waals surface area contributed by atoms with Crippen LogP contribution in [0.25, 0.3) is 0 Å². The summed E-state index contributed by atoms with van der Waals surface area (Å²) in [5.41, 5.74) is 4.07. The molecule has 6 nitrogen and oxygen atoms in total. The highest BCUT2D eigenvalue weighted by Crippen LogP contribution is 2.17. The summed E-state index contributed by atoms with van der Waals surface area (Å²) in [6.45, 7) is 2.75. The van der Waals surface area contributed by atoms with Crippen molar-refractivity contribution in [3.8, 4) is 11.5 Å². The third-order valence-electron chi connectivity index (χ3n) is 4.43. The first kappa shape index (κ1) is 23.0. The maximum atomic E-state index is 12.3. The van der Waals surface area contributed by atoms with Crippen molar-refractivity contribution >= 4 is 29.7 Å². The molecule has 0 aliphatic rings. The van der Waals surface area contributed by atoms with Crippen LogP contribution in [0.15, 0.2) is 77.9 Å². The zero-order chi connectivity index (χ0) is 22.8. The van der Waals surface area contributed by atoms with Gasteiger partial charge in [0.05, 0.1) is 18.4 Å². The normalized spacial score (nSPS) is 10.7. The summed E-state index contributed by atoms with van der Waals surface area (Å²) in [6.07, 6.45) is 3.54. The van der Waals surface area contributed by atoms with Crippen LogP contribution in [0.2, 0.25) is 5.02 Å². The van der Waals surface area contributed by atoms with Crippen LogP contribution in [-0.2, 0) is 0 Å². The van der Waals surface area contributed by atoms with Crippen LogP contribution >= 0.6 is 11.6 Å². The van der Waals surface area contributed by atoms with E-state index in [0.29, 0.717) is 28.5 Å². The number of hydrazone groups is 1. The molecule has 0 spiro atoms. The summed E-state index contributed by atoms with van der Waals surface area (Å²) < 4.78 is 11.0. The lowest BCUT2D eigenvalue weighted by molar-refractivity contribution is 0.0734. The van der Waals surface area contributed by atoms with Gasteiger partial charge >= 0.3 is 5.97 Å². The first-order chi connectivity index (χ1) is 15.5. The number of carbonyl (C=O) groups excluding carboxylic acids is 2. The molecule has 0 saturated heterocycles. The highest BCUT2D eigenvalue weighted by atomic mass is 35.5. The van der Waals surface area contributed by atoms with Crippen molar-refractivity contribution in [2.75, 3.05) is 6.61 Å². The van der Waals surface area contributed by atoms with Crippen LogP contribution < -0.4 is 14.9 Å². The van der Waals surface area contributed by atoms with E-state index in [2.05, 4.69) is 17.5 Å². The summed E-state index contributed by atoms with van der Waals surface area (Å²) in [7, 11) is 0. The Hall–Kier alpha value is -3.64. The maximum Gasteiger partial charge on any atom is 0.343 e. The lowest BCUT2D eigenvalue weighted by atomic mass is 10.2. The Balaban J connectivity index is 1.50. The molecule has 3 aromatic carbocycles. The van der Waals surface area contributed by atoms with Gasteiger partial charge in [0.25, 0.3) is 5.91 Å². The van der Waals surface area contributed by atoms with Gasteiger partial charge < -0.3 is 9.47 Å². The first-order valence-electron chi connectivity index (χ1n) is 10.2. The first-order valence-corrected chi connectivity index (χ1v) is 10.6. The standard InChI is InChI=1S/C25H23ClN2O4/c1-2-3-16-31-22-14-8-20(9-15-22)25(30)32-23-12-4-18(5-13-23)17-27-28-24(29)19-6-10-21(26)11-7-19/h4-15,17H,2-3,16H2,1H3,(H,28,29)/b27-17-. The molecule has 0 radical (unpaired) electrons. The molecule has 0 atom stereocenters. The van der Waals surface area contributed by atoms with Gasteiger partial charge in [0.2, 0.25) is 0 Å². The van der Waals surface area contributed by atoms with Gasteiger partial charge in [-0.15, -0.1) is 0 Å². The number of amides is 1. The zero-order valence-corrected chi connectivity index (χ0v) is 18.3. The van der Waals surface area contributed by atoms with E-state index in [9.17, 15) is 9.59 Å². The van der Waals surface area contributed by atoms with E-state index < -0.39 is 5.97 Å². The lowest BCUT2D eigenvalue weighted by Crippen LogP contribution is -2.17. The molecule has 164 valence electrons. The minimum Gasteiger partial charge on any atom is -0.494 e. The van der Waals surface area contributed by atoms with Gasteiger partial charge in [0.15, 0.2) is 0 Å². The molecule has 0 aromatic heterocycles. The number of esters is 1. The third-order valence-corrected chi connectivity index (χ3v) is 4.69. The molecule has 0 aliphatic heterocycles. The molecule has 3 rings (SSSR count). The van der Waals surface area contributed by atoms with Crippen molar-refractivity contribution in [1.82, 2.24) is 5.43 Å². The Morgan fingerprint density at radius 3 is 2.19 bits per heavy atom. The van der Waals surface area contributed by atoms with E-state index in [-0.39, 0.29) is 5.91 Å². The molecule has 1 N–H and O–H groups in total. The number of nitrogens with zero attached hydrogens (tertiary/aromatic N) is 1. The van der Waals surface area contributed by atoms with Gasteiger partial charge in [0, 0.05) is 10.6 Å². The fourth-order valence-electron chi connectivity index (χ4n) is 2.64. The second kappa shape index (κ2) is 11.7. The van der Waals surface area contributed by atoms with Gasteiger partial charge in [-0.3, -0.25) is 4.79 Å². The van der Waals surface area contributed by atoms with Crippen LogP contribution in [0.4, 0.5) is 0 Å². The average Bonchev–Trinajstić information content (AvgIpc) is 2.81. The number of ether oxygens (including phenoxy) is 2. The van der Waals surface area contributed by atoms with Crippen molar-refractivity contribution in [3.63, 3.8) is 0 Å². The van der Waals surface area contributed by atoms with Crippen LogP contribution in [0.1, 0.15) is 46.0 Å². The van der Waals surface area contributed by atoms with E-state index in [0.717, 1.165) is 24.2 Å². The number of rotatable bonds is 9. The number of nitrogens with one attached hydrogen (secondary N) is 1. The molecule has 7 heteroatoms. The van der Waals surface area contributed by atoms with Crippen LogP contribution in [0, 0.1) is 0 Å². The molecule has 1 amide bonds. The van der Waals surface area contributed by atoms with Crippen molar-refractivity contribution in [1.29, 1.82) is 0 Å². The Morgan fingerprint density at radius 1 is 0.906 bits per heavy atom. The Labute approximate surface area is 191 Å². The third kappa shape index (κ3) is 6.96. The number of hydrogen-bond donors (Lipinski definition) is 1. The van der Waals surface area contributed by atoms with Gasteiger partial charge in [-0.2, -0.15) is 5.10 Å². The molecule has 0 saturated carbocycles. The SMILES string of the molecule is CCCCOc1ccc(C(=O)Oc2ccc(/C=N\NC(=O)c3ccc(Cl)cc3)cc2)cc1. The summed E-state index contributed by atoms with van der Waals surface area (Å²) in [4.78, 5) is 24.3. The Morgan fingerprint density at radius 2 is 1.53 bits per heavy atom. The minimum absolute atomic E-state index is 0.342. The molecule has 0 aliphatic carbocycles. The summed E-state index contributed by atoms with van der Waals surface area (Å²) in [5.74, 6) is 0.328. The maximum absolute atomic E-state index is 12.3. The predicted octanol–water partition coefficient (Wildman–Crippen LogP) is 5.50. The largest absolute Gasteiger partial charge is 0.494 e. The van der Waals surface area contributed by atoms with E-state index in [1.165, 1.54) is 6.21 Å². The molecule has 0 fully saturated rings. The zero-order valence-electron chi connectivity index (χ0n) is 17.6. The van der Waals surface area contributed by atoms with Crippen LogP contribution in [0.5, 0.6) is 11.5 Å². The number of halogens is 1. The van der Waals surface area contributed by atoms with Crippen LogP contribution in [-0.4, -0.2) is 24.7 Å². The van der Waals surface area contributed by atoms with Crippen molar-refractivity contribution in [2.24, 2.45) is 5.10 Å². The quantitative estimate of drug-likeness (QED) is 0.153. The van der Waals surface area contributed by atoms with Gasteiger partial charge in [-0.25, -0.2) is 10.2 Å². The van der Waals surface area contributed by atoms with Crippen molar-refractivity contribution < 1.29 is 19.1 Å². The molecule has 0 unspecified atom stereocenters. The Bertz CT molecular complexity index is 1060. The molecule has 0 heterocycles. The molecular weight excluding hydrogens is 428 g/mol. The molecule has 3 aromatic rings. The minimum atomic E-state index is -0.457. The van der Waals surface area contributed by atoms with E-state index >= 15 is 0 Å². The topological polar surface area (TPSA) is 77.0 Å². The van der Waals surface area contributed by atoms with Gasteiger partial charge in [-0.1, -0.05) is 24.9 Å². The Kier molecular flexibility index (Phi) is 8.40. The fraction of sp³-hybridized carbons (Fsp3) is 0.160. The number of hydrogen-bond acceptors (Lipinski definition) is 5. The lowest BCUT2D eigenvalue weighted by Gasteiger charge is -2.07. The van der Waals surface area contributed by atoms with Crippen LogP contribution in [0.3, 0.4) is 0 Å². The van der Waals surface area contributed by atoms with E-state index in [1.807, 2.05) is 0 Å². The predicted molar refractivity (Wildman–Crippen MR) is 125 cm³/mol. The summed E-state index contributed by atoms with van der Waals surface area (Å²) >= 11 is 5.81. The highest BCUT2D eigenvalue weighted by Gasteiger charge is 2.09. The number of unbranched alkanes of at least 4 members (excludes halogenated alkanes) is 1. The summed E-state index contributed by atoms with van der Waals surface area (Å²) in [5, 5.41) is 4.49. The molecule has 32 heavy (non-hydrogen) atoms. The monoisotopic (exact) mass is 450 g/mol. The number of carbonyl (C=O) groups is 2. The molecule has 0 bridgehead atoms. The molecular formula is C25H23ClN2O4. The average molecular weight is 451 g/mol. The van der Waals surface area contributed by atoms with E-state index in [4.69, 9.17) is 21.1 Å². The fourth-order valence-corrected chi connectivity index (χ4v) is 2.77. The second-order valence-corrected chi connectivity index (χ2v) is 7.33. The van der Waals surface area contributed by atoms with Crippen molar-refractivity contribution in [3.05, 3.63) is 94.5 Å². The van der Waals surface area contributed by atoms with Crippen molar-refractivity contribution in [2.45, 2.75) is 19.8 Å². The van der Waals surface area contributed by atoms with E-state index in [1.54, 1.807) is 72.8 Å². The summed E-state index contributed by atoms with van der Waals surface area (Å²) in [6, 6.07) is 20.1. The smallest absolute Gasteiger partial charge is 0.343 e. The van der Waals surface area contributed by atoms with Gasteiger partial charge in [0.1, 0.15) is 11.5 Å². The number of benzene rings is 3.